The van der Waals surface area contributed by atoms with Crippen molar-refractivity contribution in [3.05, 3.63) is 66.2 Å². The van der Waals surface area contributed by atoms with Crippen molar-refractivity contribution in [3.8, 4) is 51.6 Å². The van der Waals surface area contributed by atoms with E-state index in [1.807, 2.05) is 0 Å². The lowest BCUT2D eigenvalue weighted by molar-refractivity contribution is -0.319. The average Bonchev–Trinajstić information content (AvgIpc) is 3.15. The van der Waals surface area contributed by atoms with E-state index in [4.69, 9.17) is 32.8 Å². The molecular formula is C37H39O18+. The summed E-state index contributed by atoms with van der Waals surface area (Å²) in [6, 6.07) is 11.8. The Bertz CT molecular complexity index is 2040. The van der Waals surface area contributed by atoms with E-state index in [1.165, 1.54) is 50.4 Å². The molecule has 10 atom stereocenters. The predicted octanol–water partition coefficient (Wildman–Crippen LogP) is 1.21. The molecule has 0 spiro atoms. The second kappa shape index (κ2) is 16.1. The third-order valence-corrected chi connectivity index (χ3v) is 9.02. The molecule has 0 bridgehead atoms. The van der Waals surface area contributed by atoms with E-state index in [-0.39, 0.29) is 45.3 Å². The van der Waals surface area contributed by atoms with Crippen molar-refractivity contribution in [2.75, 3.05) is 13.7 Å². The zero-order valence-corrected chi connectivity index (χ0v) is 29.1. The standard InChI is InChI=1S/C37H38O18/c1-15-34(55-27(42)8-5-16-3-6-18(38)7-4-16)31(46)33(48)36(51-15)50-14-26-29(44)30(45)32(47)37(54-26)53-25-13-20-21(40)11-19(39)12-23(20)52-35(25)17-9-22(41)28(43)24(10-17)49-2/h3-13,15,26,29-34,36-37,44-48H,14H2,1-2H3,(H4-,38,39,40,41,42,43)/p+1. The number of hydrogen-bond acceptors (Lipinski definition) is 17. The molecule has 10 unspecified atom stereocenters. The second-order valence-corrected chi connectivity index (χ2v) is 12.8. The summed E-state index contributed by atoms with van der Waals surface area (Å²) in [7, 11) is 1.23. The number of aliphatic hydroxyl groups excluding tert-OH is 5. The number of hydrogen-bond donors (Lipinski definition) is 10. The zero-order valence-electron chi connectivity index (χ0n) is 29.1. The lowest BCUT2D eigenvalue weighted by atomic mass is 9.98. The average molecular weight is 772 g/mol. The van der Waals surface area contributed by atoms with Crippen molar-refractivity contribution in [3.63, 3.8) is 0 Å². The Labute approximate surface area is 311 Å². The summed E-state index contributed by atoms with van der Waals surface area (Å²) >= 11 is 0. The maximum Gasteiger partial charge on any atom is 0.402 e. The Kier molecular flexibility index (Phi) is 11.5. The van der Waals surface area contributed by atoms with Crippen molar-refractivity contribution in [2.24, 2.45) is 0 Å². The summed E-state index contributed by atoms with van der Waals surface area (Å²) in [5.74, 6) is -3.41. The summed E-state index contributed by atoms with van der Waals surface area (Å²) in [4.78, 5) is 12.5. The van der Waals surface area contributed by atoms with Crippen LogP contribution in [0.25, 0.3) is 28.4 Å². The van der Waals surface area contributed by atoms with Gasteiger partial charge in [0.25, 0.3) is 0 Å². The molecule has 2 aliphatic heterocycles. The van der Waals surface area contributed by atoms with Crippen LogP contribution in [-0.2, 0) is 23.7 Å². The van der Waals surface area contributed by atoms with Gasteiger partial charge in [0, 0.05) is 30.3 Å². The maximum atomic E-state index is 12.5. The minimum atomic E-state index is -1.90. The second-order valence-electron chi connectivity index (χ2n) is 12.8. The van der Waals surface area contributed by atoms with Gasteiger partial charge in [-0.2, -0.15) is 0 Å². The highest BCUT2D eigenvalue weighted by molar-refractivity contribution is 5.89. The van der Waals surface area contributed by atoms with Gasteiger partial charge in [0.15, 0.2) is 23.9 Å². The van der Waals surface area contributed by atoms with Gasteiger partial charge >= 0.3 is 17.3 Å². The van der Waals surface area contributed by atoms with Crippen LogP contribution in [0, 0.1) is 0 Å². The number of aliphatic hydroxyl groups is 5. The van der Waals surface area contributed by atoms with E-state index in [9.17, 15) is 55.9 Å². The quantitative estimate of drug-likeness (QED) is 0.0469. The van der Waals surface area contributed by atoms with Gasteiger partial charge in [0.05, 0.1) is 31.5 Å². The van der Waals surface area contributed by atoms with Crippen molar-refractivity contribution >= 4 is 23.0 Å². The summed E-state index contributed by atoms with van der Waals surface area (Å²) in [6.07, 6.45) is -13.6. The number of aromatic hydroxyl groups is 5. The van der Waals surface area contributed by atoms with Crippen LogP contribution >= 0.6 is 0 Å². The van der Waals surface area contributed by atoms with Crippen molar-refractivity contribution in [1.82, 2.24) is 0 Å². The normalized spacial score (nSPS) is 28.3. The van der Waals surface area contributed by atoms with E-state index in [0.717, 1.165) is 18.2 Å². The van der Waals surface area contributed by atoms with Crippen molar-refractivity contribution < 1.29 is 88.7 Å². The van der Waals surface area contributed by atoms with Gasteiger partial charge in [0.2, 0.25) is 17.8 Å². The summed E-state index contributed by atoms with van der Waals surface area (Å²) in [6.45, 7) is 0.849. The third kappa shape index (κ3) is 8.31. The van der Waals surface area contributed by atoms with Gasteiger partial charge in [0.1, 0.15) is 59.3 Å². The first-order valence-corrected chi connectivity index (χ1v) is 16.8. The Morgan fingerprint density at radius 3 is 2.20 bits per heavy atom. The van der Waals surface area contributed by atoms with E-state index < -0.39 is 91.2 Å². The highest BCUT2D eigenvalue weighted by atomic mass is 16.7. The number of carbonyl (C=O) groups is 1. The van der Waals surface area contributed by atoms with E-state index in [2.05, 4.69) is 0 Å². The molecule has 0 saturated carbocycles. The van der Waals surface area contributed by atoms with Crippen LogP contribution in [0.2, 0.25) is 0 Å². The van der Waals surface area contributed by atoms with Gasteiger partial charge in [-0.1, -0.05) is 12.1 Å². The first-order chi connectivity index (χ1) is 26.1. The number of fused-ring (bicyclic) bond motifs is 1. The summed E-state index contributed by atoms with van der Waals surface area (Å²) < 4.78 is 39.4. The highest BCUT2D eigenvalue weighted by Gasteiger charge is 2.49. The molecule has 18 heteroatoms. The van der Waals surface area contributed by atoms with Crippen LogP contribution in [0.5, 0.6) is 40.2 Å². The number of phenols is 5. The molecule has 294 valence electrons. The largest absolute Gasteiger partial charge is 0.508 e. The first-order valence-electron chi connectivity index (χ1n) is 16.8. The van der Waals surface area contributed by atoms with Crippen molar-refractivity contribution in [2.45, 2.75) is 68.3 Å². The minimum Gasteiger partial charge on any atom is -0.508 e. The number of ether oxygens (including phenoxy) is 6. The lowest BCUT2D eigenvalue weighted by Gasteiger charge is -2.42. The van der Waals surface area contributed by atoms with Gasteiger partial charge in [-0.25, -0.2) is 9.21 Å². The number of rotatable bonds is 10. The highest BCUT2D eigenvalue weighted by Crippen LogP contribution is 2.45. The molecule has 6 rings (SSSR count). The fourth-order valence-corrected chi connectivity index (χ4v) is 6.05. The molecule has 3 heterocycles. The molecule has 2 saturated heterocycles. The number of methoxy groups -OCH3 is 1. The number of phenolic OH excluding ortho intramolecular Hbond substituents is 5. The predicted molar refractivity (Wildman–Crippen MR) is 186 cm³/mol. The molecular weight excluding hydrogens is 732 g/mol. The minimum absolute atomic E-state index is 0.0192. The molecule has 18 nitrogen and oxygen atoms in total. The molecule has 3 aromatic carbocycles. The monoisotopic (exact) mass is 771 g/mol. The Morgan fingerprint density at radius 1 is 0.782 bits per heavy atom. The zero-order chi connectivity index (χ0) is 39.7. The molecule has 2 aliphatic rings. The third-order valence-electron chi connectivity index (χ3n) is 9.02. The van der Waals surface area contributed by atoms with Crippen LogP contribution < -0.4 is 9.47 Å². The van der Waals surface area contributed by atoms with Crippen LogP contribution in [0.1, 0.15) is 12.5 Å². The SMILES string of the molecule is COc1cc(-c2[o+]c3cc(O)cc(O)c3cc2OC2OC(COC3OC(C)C(OC(=O)C=Cc4ccc(O)cc4)C(O)C3O)C(O)C(O)C2O)cc(O)c1O. The van der Waals surface area contributed by atoms with Crippen molar-refractivity contribution in [1.29, 1.82) is 0 Å². The van der Waals surface area contributed by atoms with E-state index in [1.54, 1.807) is 12.1 Å². The van der Waals surface area contributed by atoms with E-state index in [0.29, 0.717) is 5.56 Å². The van der Waals surface area contributed by atoms with E-state index >= 15 is 0 Å². The van der Waals surface area contributed by atoms with Crippen LogP contribution in [0.3, 0.4) is 0 Å². The molecule has 1 aromatic heterocycles. The summed E-state index contributed by atoms with van der Waals surface area (Å²) in [5, 5.41) is 105. The molecule has 0 radical (unpaired) electrons. The molecule has 2 fully saturated rings. The number of benzene rings is 3. The van der Waals surface area contributed by atoms with Gasteiger partial charge in [-0.05, 0) is 30.7 Å². The van der Waals surface area contributed by atoms with Gasteiger partial charge in [-0.3, -0.25) is 0 Å². The van der Waals surface area contributed by atoms with Gasteiger partial charge < -0.3 is 79.5 Å². The molecule has 0 aliphatic carbocycles. The first kappa shape index (κ1) is 39.3. The molecule has 4 aromatic rings. The van der Waals surface area contributed by atoms with Crippen LogP contribution in [0.4, 0.5) is 0 Å². The topological polar surface area (TPSA) is 286 Å². The number of carbonyl (C=O) groups excluding carboxylic acids is 1. The Morgan fingerprint density at radius 2 is 1.49 bits per heavy atom. The Balaban J connectivity index is 1.17. The number of esters is 1. The maximum absolute atomic E-state index is 12.5. The van der Waals surface area contributed by atoms with Crippen LogP contribution in [-0.4, -0.2) is 132 Å². The molecule has 10 N–H and O–H groups in total. The smallest absolute Gasteiger partial charge is 0.402 e. The molecule has 55 heavy (non-hydrogen) atoms. The fraction of sp³-hybridized carbons (Fsp3) is 0.351. The van der Waals surface area contributed by atoms with Crippen LogP contribution in [0.15, 0.2) is 65.1 Å². The summed E-state index contributed by atoms with van der Waals surface area (Å²) in [5.41, 5.74) is 0.579. The molecule has 0 amide bonds. The fourth-order valence-electron chi connectivity index (χ4n) is 6.05. The van der Waals surface area contributed by atoms with Gasteiger partial charge in [-0.15, -0.1) is 0 Å². The Hall–Kier alpha value is -5.44. The lowest BCUT2D eigenvalue weighted by Crippen LogP contribution is -2.62.